The fraction of sp³-hybridized carbons (Fsp3) is 0.538. The molecule has 0 radical (unpaired) electrons. The molecular weight excluding hydrogens is 250 g/mol. The summed E-state index contributed by atoms with van der Waals surface area (Å²) in [6.07, 6.45) is 1.30. The van der Waals surface area contributed by atoms with Crippen molar-refractivity contribution in [1.82, 2.24) is 4.90 Å². The van der Waals surface area contributed by atoms with Crippen LogP contribution in [0.2, 0.25) is 0 Å². The lowest BCUT2D eigenvalue weighted by Gasteiger charge is -2.22. The van der Waals surface area contributed by atoms with Crippen molar-refractivity contribution in [1.29, 1.82) is 0 Å². The van der Waals surface area contributed by atoms with Crippen LogP contribution in [-0.2, 0) is 6.54 Å². The molecule has 0 bridgehead atoms. The van der Waals surface area contributed by atoms with Gasteiger partial charge in [-0.25, -0.2) is 0 Å². The summed E-state index contributed by atoms with van der Waals surface area (Å²) in [6.45, 7) is 0.905. The quantitative estimate of drug-likeness (QED) is 0.848. The minimum absolute atomic E-state index is 0.0651. The third-order valence-electron chi connectivity index (χ3n) is 2.97. The fourth-order valence-corrected chi connectivity index (χ4v) is 4.13. The van der Waals surface area contributed by atoms with Crippen LogP contribution < -0.4 is 0 Å². The van der Waals surface area contributed by atoms with E-state index in [1.54, 1.807) is 11.3 Å². The summed E-state index contributed by atoms with van der Waals surface area (Å²) in [6, 6.07) is 2.75. The first-order valence-electron chi connectivity index (χ1n) is 5.75. The van der Waals surface area contributed by atoms with E-state index in [4.69, 9.17) is 5.11 Å². The molecule has 2 rings (SSSR count). The van der Waals surface area contributed by atoms with Crippen molar-refractivity contribution in [2.75, 3.05) is 25.2 Å². The normalized spacial score (nSPS) is 19.4. The van der Waals surface area contributed by atoms with E-state index in [1.165, 1.54) is 22.8 Å². The molecule has 0 spiro atoms. The summed E-state index contributed by atoms with van der Waals surface area (Å²) in [7, 11) is 2.19. The molecular formula is C13H17NOS2. The van der Waals surface area contributed by atoms with E-state index in [1.807, 2.05) is 17.8 Å². The van der Waals surface area contributed by atoms with Gasteiger partial charge < -0.3 is 5.11 Å². The van der Waals surface area contributed by atoms with Gasteiger partial charge in [-0.3, -0.25) is 4.90 Å². The lowest BCUT2D eigenvalue weighted by atomic mass is 10.2. The van der Waals surface area contributed by atoms with Crippen LogP contribution in [0.1, 0.15) is 16.9 Å². The number of hydrogen-bond donors (Lipinski definition) is 1. The third-order valence-corrected chi connectivity index (χ3v) is 5.02. The van der Waals surface area contributed by atoms with Gasteiger partial charge in [-0.05, 0) is 30.7 Å². The van der Waals surface area contributed by atoms with Gasteiger partial charge in [0.25, 0.3) is 0 Å². The van der Waals surface area contributed by atoms with Gasteiger partial charge >= 0.3 is 0 Å². The summed E-state index contributed by atoms with van der Waals surface area (Å²) in [5, 5.41) is 10.8. The predicted molar refractivity (Wildman–Crippen MR) is 75.5 cm³/mol. The van der Waals surface area contributed by atoms with Gasteiger partial charge in [0.05, 0.1) is 0 Å². The molecule has 1 aromatic rings. The Morgan fingerprint density at radius 1 is 1.59 bits per heavy atom. The average molecular weight is 267 g/mol. The van der Waals surface area contributed by atoms with Gasteiger partial charge in [0.1, 0.15) is 6.61 Å². The number of thiophene rings is 1. The zero-order chi connectivity index (χ0) is 12.1. The van der Waals surface area contributed by atoms with Gasteiger partial charge in [0, 0.05) is 28.8 Å². The summed E-state index contributed by atoms with van der Waals surface area (Å²) >= 11 is 3.80. The zero-order valence-electron chi connectivity index (χ0n) is 9.98. The van der Waals surface area contributed by atoms with Crippen LogP contribution in [0.4, 0.5) is 0 Å². The van der Waals surface area contributed by atoms with Crippen molar-refractivity contribution in [2.45, 2.75) is 19.0 Å². The Bertz CT molecular complexity index is 413. The molecule has 1 aliphatic rings. The first-order chi connectivity index (χ1) is 8.31. The summed E-state index contributed by atoms with van der Waals surface area (Å²) < 4.78 is 0. The van der Waals surface area contributed by atoms with E-state index >= 15 is 0 Å². The highest BCUT2D eigenvalue weighted by Crippen LogP contribution is 2.24. The fourth-order valence-electron chi connectivity index (χ4n) is 1.93. The maximum absolute atomic E-state index is 8.73. The van der Waals surface area contributed by atoms with Crippen molar-refractivity contribution < 1.29 is 5.11 Å². The largest absolute Gasteiger partial charge is 0.384 e. The molecule has 1 atom stereocenters. The standard InChI is InChI=1S/C13H17NOS2/c1-14(12-5-7-16-10-12)9-13-11(3-2-6-15)4-8-17-13/h4,8,12,15H,5-7,9-10H2,1H3. The van der Waals surface area contributed by atoms with E-state index in [0.29, 0.717) is 6.04 Å². The minimum atomic E-state index is -0.0651. The lowest BCUT2D eigenvalue weighted by molar-refractivity contribution is 0.256. The maximum atomic E-state index is 8.73. The second-order valence-electron chi connectivity index (χ2n) is 4.15. The number of thioether (sulfide) groups is 1. The Labute approximate surface area is 111 Å². The number of rotatable bonds is 3. The number of nitrogens with zero attached hydrogens (tertiary/aromatic N) is 1. The van der Waals surface area contributed by atoms with Gasteiger partial charge in [0.15, 0.2) is 0 Å². The third kappa shape index (κ3) is 3.49. The summed E-state index contributed by atoms with van der Waals surface area (Å²) in [5.41, 5.74) is 1.07. The molecule has 1 aromatic heterocycles. The first-order valence-corrected chi connectivity index (χ1v) is 7.79. The van der Waals surface area contributed by atoms with Crippen LogP contribution in [0.15, 0.2) is 11.4 Å². The molecule has 92 valence electrons. The minimum Gasteiger partial charge on any atom is -0.384 e. The molecule has 0 saturated carbocycles. The molecule has 1 fully saturated rings. The summed E-state index contributed by atoms with van der Waals surface area (Å²) in [5.74, 6) is 8.28. The highest BCUT2D eigenvalue weighted by Gasteiger charge is 2.20. The van der Waals surface area contributed by atoms with E-state index in [-0.39, 0.29) is 6.61 Å². The Morgan fingerprint density at radius 3 is 3.18 bits per heavy atom. The SMILES string of the molecule is CN(Cc1sccc1C#CCO)C1CCSC1. The average Bonchev–Trinajstić information content (AvgIpc) is 2.97. The first kappa shape index (κ1) is 13.0. The van der Waals surface area contributed by atoms with Gasteiger partial charge in [-0.15, -0.1) is 11.3 Å². The van der Waals surface area contributed by atoms with E-state index in [9.17, 15) is 0 Å². The number of aliphatic hydroxyl groups is 1. The zero-order valence-corrected chi connectivity index (χ0v) is 11.6. The second kappa shape index (κ2) is 6.46. The van der Waals surface area contributed by atoms with Crippen molar-refractivity contribution >= 4 is 23.1 Å². The molecule has 2 heterocycles. The van der Waals surface area contributed by atoms with Gasteiger partial charge in [-0.1, -0.05) is 11.8 Å². The van der Waals surface area contributed by atoms with Crippen molar-refractivity contribution in [3.63, 3.8) is 0 Å². The van der Waals surface area contributed by atoms with Crippen molar-refractivity contribution in [2.24, 2.45) is 0 Å². The highest BCUT2D eigenvalue weighted by molar-refractivity contribution is 7.99. The number of hydrogen-bond acceptors (Lipinski definition) is 4. The Balaban J connectivity index is 2.00. The molecule has 1 aliphatic heterocycles. The molecule has 17 heavy (non-hydrogen) atoms. The Kier molecular flexibility index (Phi) is 4.93. The van der Waals surface area contributed by atoms with Crippen LogP contribution in [-0.4, -0.2) is 41.2 Å². The second-order valence-corrected chi connectivity index (χ2v) is 6.30. The van der Waals surface area contributed by atoms with E-state index in [2.05, 4.69) is 29.2 Å². The molecule has 1 unspecified atom stereocenters. The molecule has 1 saturated heterocycles. The molecule has 1 N–H and O–H groups in total. The van der Waals surface area contributed by atoms with Gasteiger partial charge in [-0.2, -0.15) is 11.8 Å². The molecule has 0 amide bonds. The smallest absolute Gasteiger partial charge is 0.104 e. The molecule has 0 aliphatic carbocycles. The Morgan fingerprint density at radius 2 is 2.47 bits per heavy atom. The van der Waals surface area contributed by atoms with Crippen LogP contribution in [0, 0.1) is 11.8 Å². The Hall–Kier alpha value is -0.470. The topological polar surface area (TPSA) is 23.5 Å². The molecule has 2 nitrogen and oxygen atoms in total. The summed E-state index contributed by atoms with van der Waals surface area (Å²) in [4.78, 5) is 3.74. The number of aliphatic hydroxyl groups excluding tert-OH is 1. The van der Waals surface area contributed by atoms with E-state index in [0.717, 1.165) is 12.1 Å². The van der Waals surface area contributed by atoms with Crippen LogP contribution in [0.3, 0.4) is 0 Å². The lowest BCUT2D eigenvalue weighted by Crippen LogP contribution is -2.30. The molecule has 4 heteroatoms. The van der Waals surface area contributed by atoms with E-state index < -0.39 is 0 Å². The monoisotopic (exact) mass is 267 g/mol. The van der Waals surface area contributed by atoms with Crippen molar-refractivity contribution in [3.05, 3.63) is 21.9 Å². The van der Waals surface area contributed by atoms with Crippen LogP contribution >= 0.6 is 23.1 Å². The van der Waals surface area contributed by atoms with Crippen LogP contribution in [0.5, 0.6) is 0 Å². The maximum Gasteiger partial charge on any atom is 0.104 e. The predicted octanol–water partition coefficient (Wildman–Crippen LogP) is 2.03. The van der Waals surface area contributed by atoms with Crippen LogP contribution in [0.25, 0.3) is 0 Å². The highest BCUT2D eigenvalue weighted by atomic mass is 32.2. The van der Waals surface area contributed by atoms with Gasteiger partial charge in [0.2, 0.25) is 0 Å². The molecule has 0 aromatic carbocycles. The van der Waals surface area contributed by atoms with Crippen molar-refractivity contribution in [3.8, 4) is 11.8 Å².